The van der Waals surface area contributed by atoms with Crippen molar-refractivity contribution in [1.82, 2.24) is 10.3 Å². The molecule has 0 fully saturated rings. The number of carbonyl (C=O) groups is 1. The van der Waals surface area contributed by atoms with E-state index >= 15 is 0 Å². The lowest BCUT2D eigenvalue weighted by Crippen LogP contribution is -2.26. The van der Waals surface area contributed by atoms with Crippen LogP contribution in [0.3, 0.4) is 0 Å². The van der Waals surface area contributed by atoms with Gasteiger partial charge in [0.05, 0.1) is 10.7 Å². The quantitative estimate of drug-likeness (QED) is 0.583. The number of nitrogens with zero attached hydrogens (tertiary/aromatic N) is 1. The van der Waals surface area contributed by atoms with Crippen molar-refractivity contribution in [3.63, 3.8) is 0 Å². The number of hydrogen-bond acceptors (Lipinski definition) is 5. The number of aryl methyl sites for hydroxylation is 1. The van der Waals surface area contributed by atoms with Gasteiger partial charge in [-0.1, -0.05) is 0 Å². The van der Waals surface area contributed by atoms with E-state index in [1.54, 1.807) is 0 Å². The number of thiazole rings is 1. The van der Waals surface area contributed by atoms with Crippen LogP contribution in [0.1, 0.15) is 21.1 Å². The third kappa shape index (κ3) is 3.73. The van der Waals surface area contributed by atoms with Crippen LogP contribution in [0, 0.1) is 18.6 Å². The number of halogens is 2. The molecule has 0 aliphatic heterocycles. The second kappa shape index (κ2) is 6.59. The molecule has 21 heavy (non-hydrogen) atoms. The molecule has 4 N–H and O–H groups in total. The van der Waals surface area contributed by atoms with E-state index in [9.17, 15) is 13.6 Å². The number of amides is 1. The van der Waals surface area contributed by atoms with Crippen molar-refractivity contribution in [1.29, 1.82) is 0 Å². The first-order chi connectivity index (χ1) is 10.0. The molecule has 8 heteroatoms. The van der Waals surface area contributed by atoms with E-state index in [4.69, 9.17) is 5.84 Å². The molecular weight excluding hydrogens is 298 g/mol. The maximum atomic E-state index is 13.5. The molecular formula is C13H14F2N4OS. The van der Waals surface area contributed by atoms with Gasteiger partial charge >= 0.3 is 0 Å². The van der Waals surface area contributed by atoms with Crippen molar-refractivity contribution in [3.8, 4) is 0 Å². The monoisotopic (exact) mass is 312 g/mol. The Balaban J connectivity index is 1.97. The summed E-state index contributed by atoms with van der Waals surface area (Å²) in [7, 11) is 0. The molecule has 0 aliphatic rings. The lowest BCUT2D eigenvalue weighted by molar-refractivity contribution is 0.0953. The van der Waals surface area contributed by atoms with Gasteiger partial charge in [0.2, 0.25) is 0 Å². The van der Waals surface area contributed by atoms with Crippen LogP contribution >= 0.6 is 11.3 Å². The summed E-state index contributed by atoms with van der Waals surface area (Å²) in [6, 6.07) is 1.86. The van der Waals surface area contributed by atoms with Gasteiger partial charge in [0.15, 0.2) is 11.6 Å². The van der Waals surface area contributed by atoms with Crippen LogP contribution < -0.4 is 16.6 Å². The lowest BCUT2D eigenvalue weighted by atomic mass is 10.1. The van der Waals surface area contributed by atoms with Crippen LogP contribution in [0.5, 0.6) is 0 Å². The van der Waals surface area contributed by atoms with Crippen molar-refractivity contribution in [2.45, 2.75) is 13.3 Å². The molecule has 0 radical (unpaired) electrons. The Hall–Kier alpha value is -2.06. The topological polar surface area (TPSA) is 80.0 Å². The Labute approximate surface area is 124 Å². The molecule has 0 aliphatic carbocycles. The van der Waals surface area contributed by atoms with E-state index in [0.717, 1.165) is 22.8 Å². The molecule has 0 atom stereocenters. The molecule has 0 unspecified atom stereocenters. The first-order valence-corrected chi connectivity index (χ1v) is 7.04. The van der Waals surface area contributed by atoms with E-state index < -0.39 is 23.2 Å². The average Bonchev–Trinajstić information content (AvgIpc) is 2.84. The molecule has 1 amide bonds. The van der Waals surface area contributed by atoms with Gasteiger partial charge in [-0.25, -0.2) is 13.8 Å². The molecule has 2 aromatic rings. The molecule has 1 aromatic heterocycles. The van der Waals surface area contributed by atoms with Crippen LogP contribution in [0.25, 0.3) is 0 Å². The maximum absolute atomic E-state index is 13.5. The zero-order chi connectivity index (χ0) is 15.4. The number of nitrogen functional groups attached to an aromatic ring is 1. The van der Waals surface area contributed by atoms with E-state index in [2.05, 4.69) is 10.3 Å². The maximum Gasteiger partial charge on any atom is 0.251 e. The Morgan fingerprint density at radius 2 is 2.05 bits per heavy atom. The number of anilines is 1. The Morgan fingerprint density at radius 1 is 1.38 bits per heavy atom. The normalized spacial score (nSPS) is 10.5. The number of hydrogen-bond donors (Lipinski definition) is 3. The van der Waals surface area contributed by atoms with Crippen molar-refractivity contribution in [2.75, 3.05) is 12.0 Å². The molecule has 0 saturated heterocycles. The predicted molar refractivity (Wildman–Crippen MR) is 77.1 cm³/mol. The molecule has 5 nitrogen and oxygen atoms in total. The van der Waals surface area contributed by atoms with Gasteiger partial charge in [0, 0.05) is 23.9 Å². The highest BCUT2D eigenvalue weighted by Gasteiger charge is 2.14. The number of aromatic nitrogens is 1. The van der Waals surface area contributed by atoms with Gasteiger partial charge in [-0.15, -0.1) is 11.3 Å². The summed E-state index contributed by atoms with van der Waals surface area (Å²) in [5, 5.41) is 5.44. The molecule has 1 heterocycles. The molecule has 2 rings (SSSR count). The lowest BCUT2D eigenvalue weighted by Gasteiger charge is -2.08. The highest BCUT2D eigenvalue weighted by Crippen LogP contribution is 2.19. The van der Waals surface area contributed by atoms with E-state index in [0.29, 0.717) is 13.0 Å². The minimum absolute atomic E-state index is 0.0986. The van der Waals surface area contributed by atoms with Crippen molar-refractivity contribution < 1.29 is 13.6 Å². The van der Waals surface area contributed by atoms with Gasteiger partial charge < -0.3 is 10.7 Å². The number of hydrazine groups is 1. The number of benzene rings is 1. The molecule has 1 aromatic carbocycles. The summed E-state index contributed by atoms with van der Waals surface area (Å²) in [5.41, 5.74) is 2.21. The fraction of sp³-hybridized carbons (Fsp3) is 0.231. The summed E-state index contributed by atoms with van der Waals surface area (Å²) in [5.74, 6) is 2.60. The highest BCUT2D eigenvalue weighted by molar-refractivity contribution is 7.09. The third-order valence-corrected chi connectivity index (χ3v) is 3.60. The summed E-state index contributed by atoms with van der Waals surface area (Å²) in [4.78, 5) is 16.1. The zero-order valence-electron chi connectivity index (χ0n) is 11.2. The smallest absolute Gasteiger partial charge is 0.251 e. The Morgan fingerprint density at radius 3 is 2.57 bits per heavy atom. The number of nitrogens with two attached hydrogens (primary N) is 1. The van der Waals surface area contributed by atoms with Gasteiger partial charge in [0.1, 0.15) is 5.69 Å². The van der Waals surface area contributed by atoms with Crippen LogP contribution in [-0.2, 0) is 6.42 Å². The standard InChI is InChI=1S/C13H14F2N4OS/c1-7-18-9(6-21-7)2-3-17-13(20)8-4-10(14)12(19-16)11(15)5-8/h4-6,19H,2-3,16H2,1H3,(H,17,20). The van der Waals surface area contributed by atoms with E-state index in [-0.39, 0.29) is 5.56 Å². The Kier molecular flexibility index (Phi) is 4.81. The average molecular weight is 312 g/mol. The van der Waals surface area contributed by atoms with Gasteiger partial charge in [0.25, 0.3) is 5.91 Å². The van der Waals surface area contributed by atoms with Crippen LogP contribution in [0.4, 0.5) is 14.5 Å². The minimum atomic E-state index is -0.919. The molecule has 112 valence electrons. The number of nitrogens with one attached hydrogen (secondary N) is 2. The first-order valence-electron chi connectivity index (χ1n) is 6.16. The van der Waals surface area contributed by atoms with Crippen LogP contribution in [0.15, 0.2) is 17.5 Å². The van der Waals surface area contributed by atoms with Crippen molar-refractivity contribution >= 4 is 22.9 Å². The second-order valence-corrected chi connectivity index (χ2v) is 5.39. The summed E-state index contributed by atoms with van der Waals surface area (Å²) < 4.78 is 27.0. The first kappa shape index (κ1) is 15.3. The molecule has 0 spiro atoms. The molecule has 0 saturated carbocycles. The number of carbonyl (C=O) groups excluding carboxylic acids is 1. The largest absolute Gasteiger partial charge is 0.352 e. The second-order valence-electron chi connectivity index (χ2n) is 4.32. The van der Waals surface area contributed by atoms with Crippen LogP contribution in [0.2, 0.25) is 0 Å². The fourth-order valence-electron chi connectivity index (χ4n) is 1.77. The SMILES string of the molecule is Cc1nc(CCNC(=O)c2cc(F)c(NN)c(F)c2)cs1. The summed E-state index contributed by atoms with van der Waals surface area (Å²) >= 11 is 1.53. The third-order valence-electron chi connectivity index (χ3n) is 2.78. The Bertz CT molecular complexity index is 636. The fourth-order valence-corrected chi connectivity index (χ4v) is 2.42. The number of rotatable bonds is 5. The van der Waals surface area contributed by atoms with E-state index in [1.807, 2.05) is 17.7 Å². The van der Waals surface area contributed by atoms with Crippen LogP contribution in [-0.4, -0.2) is 17.4 Å². The van der Waals surface area contributed by atoms with Gasteiger partial charge in [-0.2, -0.15) is 0 Å². The van der Waals surface area contributed by atoms with Crippen molar-refractivity contribution in [3.05, 3.63) is 45.4 Å². The molecule has 0 bridgehead atoms. The van der Waals surface area contributed by atoms with E-state index in [1.165, 1.54) is 11.3 Å². The van der Waals surface area contributed by atoms with Gasteiger partial charge in [-0.05, 0) is 19.1 Å². The van der Waals surface area contributed by atoms with Gasteiger partial charge in [-0.3, -0.25) is 10.6 Å². The summed E-state index contributed by atoms with van der Waals surface area (Å²) in [6.07, 6.45) is 0.559. The zero-order valence-corrected chi connectivity index (χ0v) is 12.1. The highest BCUT2D eigenvalue weighted by atomic mass is 32.1. The minimum Gasteiger partial charge on any atom is -0.352 e. The van der Waals surface area contributed by atoms with Crippen molar-refractivity contribution in [2.24, 2.45) is 5.84 Å². The summed E-state index contributed by atoms with van der Waals surface area (Å²) in [6.45, 7) is 2.23. The predicted octanol–water partition coefficient (Wildman–Crippen LogP) is 1.99.